The number of benzene rings is 1. The Morgan fingerprint density at radius 1 is 1.17 bits per heavy atom. The lowest BCUT2D eigenvalue weighted by atomic mass is 10.1. The maximum atomic E-state index is 4.55. The maximum absolute atomic E-state index is 4.55. The first-order chi connectivity index (χ1) is 11.8. The van der Waals surface area contributed by atoms with Crippen LogP contribution in [-0.2, 0) is 13.6 Å². The molecule has 0 saturated carbocycles. The Hall–Kier alpha value is -2.44. The van der Waals surface area contributed by atoms with Crippen LogP contribution in [0.1, 0.15) is 17.4 Å². The summed E-state index contributed by atoms with van der Waals surface area (Å²) in [5, 5.41) is 7.76. The molecule has 0 amide bonds. The van der Waals surface area contributed by atoms with E-state index in [1.165, 1.54) is 5.56 Å². The fraction of sp³-hybridized carbons (Fsp3) is 0.333. The van der Waals surface area contributed by atoms with E-state index in [-0.39, 0.29) is 0 Å². The van der Waals surface area contributed by atoms with E-state index < -0.39 is 0 Å². The minimum Gasteiger partial charge on any atom is -0.337 e. The van der Waals surface area contributed by atoms with Gasteiger partial charge in [0.25, 0.3) is 0 Å². The van der Waals surface area contributed by atoms with E-state index in [4.69, 9.17) is 0 Å². The molecule has 6 heteroatoms. The summed E-state index contributed by atoms with van der Waals surface area (Å²) in [6, 6.07) is 10.9. The average Bonchev–Trinajstić information content (AvgIpc) is 3.28. The van der Waals surface area contributed by atoms with Gasteiger partial charge < -0.3 is 9.88 Å². The first kappa shape index (κ1) is 15.1. The molecule has 1 aromatic carbocycles. The first-order valence-electron chi connectivity index (χ1n) is 8.32. The first-order valence-corrected chi connectivity index (χ1v) is 8.32. The van der Waals surface area contributed by atoms with Crippen molar-refractivity contribution in [3.63, 3.8) is 0 Å². The minimum atomic E-state index is 0.310. The molecule has 24 heavy (non-hydrogen) atoms. The smallest absolute Gasteiger partial charge is 0.127 e. The summed E-state index contributed by atoms with van der Waals surface area (Å²) < 4.78 is 4.00. The molecule has 0 aliphatic carbocycles. The zero-order valence-corrected chi connectivity index (χ0v) is 13.8. The molecular formula is C18H22N6. The van der Waals surface area contributed by atoms with Crippen molar-refractivity contribution in [2.45, 2.75) is 12.6 Å². The summed E-state index contributed by atoms with van der Waals surface area (Å²) in [6.45, 7) is 3.92. The number of aryl methyl sites for hydroxylation is 1. The predicted octanol–water partition coefficient (Wildman–Crippen LogP) is 1.75. The van der Waals surface area contributed by atoms with Crippen LogP contribution in [-0.4, -0.2) is 43.9 Å². The zero-order valence-electron chi connectivity index (χ0n) is 13.8. The normalized spacial score (nSPS) is 18.8. The van der Waals surface area contributed by atoms with Gasteiger partial charge in [-0.3, -0.25) is 4.90 Å². The molecule has 4 rings (SSSR count). The van der Waals surface area contributed by atoms with Crippen LogP contribution in [0.2, 0.25) is 0 Å². The van der Waals surface area contributed by atoms with Crippen LogP contribution in [0.5, 0.6) is 0 Å². The van der Waals surface area contributed by atoms with Gasteiger partial charge in [-0.1, -0.05) is 12.1 Å². The number of piperazine rings is 1. The summed E-state index contributed by atoms with van der Waals surface area (Å²) in [7, 11) is 2.06. The van der Waals surface area contributed by atoms with E-state index in [1.54, 1.807) is 6.20 Å². The van der Waals surface area contributed by atoms with Gasteiger partial charge in [-0.05, 0) is 23.8 Å². The highest BCUT2D eigenvalue weighted by Gasteiger charge is 2.26. The van der Waals surface area contributed by atoms with Gasteiger partial charge in [0.05, 0.1) is 11.7 Å². The predicted molar refractivity (Wildman–Crippen MR) is 92.8 cm³/mol. The molecule has 6 nitrogen and oxygen atoms in total. The lowest BCUT2D eigenvalue weighted by Crippen LogP contribution is -2.46. The summed E-state index contributed by atoms with van der Waals surface area (Å²) in [4.78, 5) is 7.05. The van der Waals surface area contributed by atoms with Crippen molar-refractivity contribution in [1.82, 2.24) is 29.5 Å². The molecule has 1 aliphatic heterocycles. The van der Waals surface area contributed by atoms with Crippen molar-refractivity contribution >= 4 is 0 Å². The third-order valence-corrected chi connectivity index (χ3v) is 4.60. The third-order valence-electron chi connectivity index (χ3n) is 4.60. The Morgan fingerprint density at radius 2 is 2.04 bits per heavy atom. The molecular weight excluding hydrogens is 300 g/mol. The van der Waals surface area contributed by atoms with Gasteiger partial charge in [0.15, 0.2) is 0 Å². The zero-order chi connectivity index (χ0) is 16.4. The van der Waals surface area contributed by atoms with Gasteiger partial charge in [0.2, 0.25) is 0 Å². The molecule has 1 unspecified atom stereocenters. The van der Waals surface area contributed by atoms with Gasteiger partial charge in [-0.25, -0.2) is 9.67 Å². The van der Waals surface area contributed by atoms with Crippen LogP contribution in [0.3, 0.4) is 0 Å². The molecule has 0 radical (unpaired) electrons. The molecule has 1 atom stereocenters. The number of hydrogen-bond donors (Lipinski definition) is 1. The van der Waals surface area contributed by atoms with Crippen LogP contribution in [0.4, 0.5) is 0 Å². The highest BCUT2D eigenvalue weighted by atomic mass is 15.3. The lowest BCUT2D eigenvalue weighted by Gasteiger charge is -2.35. The Labute approximate surface area is 141 Å². The standard InChI is InChI=1S/C18H22N6/c1-22-11-9-20-18(22)17-13-19-8-12-23(17)14-15-3-5-16(6-4-15)24-10-2-7-21-24/h2-7,9-11,17,19H,8,12-14H2,1H3. The van der Waals surface area contributed by atoms with Crippen LogP contribution < -0.4 is 5.32 Å². The fourth-order valence-electron chi connectivity index (χ4n) is 3.30. The van der Waals surface area contributed by atoms with Crippen LogP contribution >= 0.6 is 0 Å². The highest BCUT2D eigenvalue weighted by Crippen LogP contribution is 2.23. The van der Waals surface area contributed by atoms with Crippen molar-refractivity contribution in [2.75, 3.05) is 19.6 Å². The van der Waals surface area contributed by atoms with Gasteiger partial charge in [-0.15, -0.1) is 0 Å². The Kier molecular flexibility index (Phi) is 4.15. The number of nitrogens with zero attached hydrogens (tertiary/aromatic N) is 5. The second-order valence-electron chi connectivity index (χ2n) is 6.20. The number of rotatable bonds is 4. The summed E-state index contributed by atoms with van der Waals surface area (Å²) >= 11 is 0. The number of aromatic nitrogens is 4. The van der Waals surface area contributed by atoms with E-state index >= 15 is 0 Å². The second kappa shape index (κ2) is 6.59. The molecule has 3 heterocycles. The lowest BCUT2D eigenvalue weighted by molar-refractivity contribution is 0.145. The minimum absolute atomic E-state index is 0.310. The highest BCUT2D eigenvalue weighted by molar-refractivity contribution is 5.33. The van der Waals surface area contributed by atoms with E-state index in [0.717, 1.165) is 37.7 Å². The van der Waals surface area contributed by atoms with Crippen molar-refractivity contribution in [1.29, 1.82) is 0 Å². The average molecular weight is 322 g/mol. The monoisotopic (exact) mass is 322 g/mol. The molecule has 1 saturated heterocycles. The molecule has 0 spiro atoms. The van der Waals surface area contributed by atoms with Gasteiger partial charge >= 0.3 is 0 Å². The molecule has 0 bridgehead atoms. The summed E-state index contributed by atoms with van der Waals surface area (Å²) in [5.74, 6) is 1.12. The maximum Gasteiger partial charge on any atom is 0.127 e. The molecule has 1 aliphatic rings. The number of imidazole rings is 1. The molecule has 1 N–H and O–H groups in total. The van der Waals surface area contributed by atoms with Crippen LogP contribution in [0.25, 0.3) is 5.69 Å². The summed E-state index contributed by atoms with van der Waals surface area (Å²) in [5.41, 5.74) is 2.40. The van der Waals surface area contributed by atoms with Crippen molar-refractivity contribution in [3.8, 4) is 5.69 Å². The third kappa shape index (κ3) is 2.98. The number of hydrogen-bond acceptors (Lipinski definition) is 4. The van der Waals surface area contributed by atoms with Crippen molar-refractivity contribution < 1.29 is 0 Å². The topological polar surface area (TPSA) is 50.9 Å². The molecule has 124 valence electrons. The number of nitrogens with one attached hydrogen (secondary N) is 1. The van der Waals surface area contributed by atoms with Crippen molar-refractivity contribution in [2.24, 2.45) is 7.05 Å². The van der Waals surface area contributed by atoms with E-state index in [1.807, 2.05) is 29.3 Å². The Morgan fingerprint density at radius 3 is 2.75 bits per heavy atom. The van der Waals surface area contributed by atoms with Gasteiger partial charge in [0.1, 0.15) is 5.82 Å². The largest absolute Gasteiger partial charge is 0.337 e. The fourth-order valence-corrected chi connectivity index (χ4v) is 3.30. The van der Waals surface area contributed by atoms with Crippen molar-refractivity contribution in [3.05, 3.63) is 66.5 Å². The Bertz CT molecular complexity index is 774. The van der Waals surface area contributed by atoms with Crippen LogP contribution in [0, 0.1) is 0 Å². The Balaban J connectivity index is 1.51. The van der Waals surface area contributed by atoms with E-state index in [9.17, 15) is 0 Å². The molecule has 2 aromatic heterocycles. The van der Waals surface area contributed by atoms with E-state index in [2.05, 4.69) is 56.2 Å². The second-order valence-corrected chi connectivity index (χ2v) is 6.20. The summed E-state index contributed by atoms with van der Waals surface area (Å²) in [6.07, 6.45) is 7.65. The van der Waals surface area contributed by atoms with Crippen LogP contribution in [0.15, 0.2) is 55.1 Å². The van der Waals surface area contributed by atoms with Gasteiger partial charge in [-0.2, -0.15) is 5.10 Å². The van der Waals surface area contributed by atoms with Gasteiger partial charge in [0, 0.05) is 58.0 Å². The SMILES string of the molecule is Cn1ccnc1C1CNCCN1Cc1ccc(-n2cccn2)cc1. The molecule has 1 fully saturated rings. The van der Waals surface area contributed by atoms with E-state index in [0.29, 0.717) is 6.04 Å². The quantitative estimate of drug-likeness (QED) is 0.795. The molecule has 3 aromatic rings.